The van der Waals surface area contributed by atoms with Crippen LogP contribution >= 0.6 is 0 Å². The normalized spacial score (nSPS) is 9.74. The van der Waals surface area contributed by atoms with Crippen molar-refractivity contribution in [3.8, 4) is 5.75 Å². The summed E-state index contributed by atoms with van der Waals surface area (Å²) in [6, 6.07) is 1.37. The molecule has 19 heavy (non-hydrogen) atoms. The van der Waals surface area contributed by atoms with Gasteiger partial charge in [0.1, 0.15) is 18.8 Å². The van der Waals surface area contributed by atoms with Crippen molar-refractivity contribution >= 4 is 17.8 Å². The summed E-state index contributed by atoms with van der Waals surface area (Å²) in [7, 11) is 1.35. The largest absolute Gasteiger partial charge is 0.494 e. The lowest BCUT2D eigenvalue weighted by atomic mass is 10.2. The highest BCUT2D eigenvalue weighted by molar-refractivity contribution is 5.99. The van der Waals surface area contributed by atoms with Gasteiger partial charge in [-0.05, 0) is 6.07 Å². The number of carbonyl (C=O) groups excluding carboxylic acids is 2. The number of rotatable bonds is 6. The number of methoxy groups -OCH3 is 1. The number of nitrogens with two attached hydrogens (primary N) is 1. The summed E-state index contributed by atoms with van der Waals surface area (Å²) in [6.07, 6.45) is 2.68. The summed E-state index contributed by atoms with van der Waals surface area (Å²) in [6.45, 7) is -1.12. The molecule has 1 aromatic heterocycles. The molecule has 0 radical (unpaired) electrons. The molecule has 0 fully saturated rings. The monoisotopic (exact) mass is 267 g/mol. The lowest BCUT2D eigenvalue weighted by Gasteiger charge is -2.19. The summed E-state index contributed by atoms with van der Waals surface area (Å²) in [5.74, 6) is -2.53. The minimum Gasteiger partial charge on any atom is -0.494 e. The summed E-state index contributed by atoms with van der Waals surface area (Å²) >= 11 is 0. The van der Waals surface area contributed by atoms with E-state index in [1.807, 2.05) is 0 Å². The van der Waals surface area contributed by atoms with Crippen molar-refractivity contribution in [2.24, 2.45) is 5.73 Å². The first-order chi connectivity index (χ1) is 8.95. The van der Waals surface area contributed by atoms with Crippen LogP contribution in [0.2, 0.25) is 0 Å². The predicted octanol–water partition coefficient (Wildman–Crippen LogP) is -0.898. The Hall–Kier alpha value is -2.64. The number of ether oxygens (including phenoxy) is 1. The Morgan fingerprint density at radius 1 is 1.42 bits per heavy atom. The average Bonchev–Trinajstić information content (AvgIpc) is 2.36. The SMILES string of the molecule is COc1cnccc1C(=O)N(CC(N)=O)CC(=O)O. The van der Waals surface area contributed by atoms with Gasteiger partial charge < -0.3 is 20.5 Å². The molecule has 102 valence electrons. The molecule has 3 N–H and O–H groups in total. The zero-order valence-electron chi connectivity index (χ0n) is 10.2. The highest BCUT2D eigenvalue weighted by Gasteiger charge is 2.23. The predicted molar refractivity (Wildman–Crippen MR) is 63.5 cm³/mol. The van der Waals surface area contributed by atoms with Gasteiger partial charge in [0.25, 0.3) is 5.91 Å². The maximum Gasteiger partial charge on any atom is 0.323 e. The number of carbonyl (C=O) groups is 3. The molecule has 0 spiro atoms. The fraction of sp³-hybridized carbons (Fsp3) is 0.273. The molecule has 1 rings (SSSR count). The van der Waals surface area contributed by atoms with Crippen molar-refractivity contribution in [3.05, 3.63) is 24.0 Å². The molecule has 2 amide bonds. The van der Waals surface area contributed by atoms with Gasteiger partial charge in [0.2, 0.25) is 5.91 Å². The van der Waals surface area contributed by atoms with E-state index in [1.54, 1.807) is 0 Å². The zero-order chi connectivity index (χ0) is 14.4. The summed E-state index contributed by atoms with van der Waals surface area (Å²) < 4.78 is 4.95. The van der Waals surface area contributed by atoms with Crippen LogP contribution in [0, 0.1) is 0 Å². The van der Waals surface area contributed by atoms with E-state index in [4.69, 9.17) is 15.6 Å². The van der Waals surface area contributed by atoms with Crippen LogP contribution in [-0.4, -0.2) is 53.0 Å². The van der Waals surface area contributed by atoms with E-state index in [0.29, 0.717) is 0 Å². The molecule has 0 atom stereocenters. The zero-order valence-corrected chi connectivity index (χ0v) is 10.2. The fourth-order valence-electron chi connectivity index (χ4n) is 1.44. The van der Waals surface area contributed by atoms with Crippen LogP contribution < -0.4 is 10.5 Å². The van der Waals surface area contributed by atoms with Gasteiger partial charge in [0.15, 0.2) is 0 Å². The molecule has 0 bridgehead atoms. The van der Waals surface area contributed by atoms with Crippen LogP contribution in [0.3, 0.4) is 0 Å². The molecule has 0 saturated heterocycles. The Kier molecular flexibility index (Phi) is 4.81. The maximum atomic E-state index is 12.1. The number of hydrogen-bond acceptors (Lipinski definition) is 5. The number of carboxylic acids is 1. The number of aliphatic carboxylic acids is 1. The van der Waals surface area contributed by atoms with Gasteiger partial charge in [-0.25, -0.2) is 0 Å². The summed E-state index contributed by atoms with van der Waals surface area (Å²) in [4.78, 5) is 38.3. The highest BCUT2D eigenvalue weighted by atomic mass is 16.5. The van der Waals surface area contributed by atoms with Crippen molar-refractivity contribution in [1.82, 2.24) is 9.88 Å². The Balaban J connectivity index is 3.04. The fourth-order valence-corrected chi connectivity index (χ4v) is 1.44. The summed E-state index contributed by atoms with van der Waals surface area (Å²) in [5.41, 5.74) is 5.10. The maximum absolute atomic E-state index is 12.1. The second-order valence-corrected chi connectivity index (χ2v) is 3.60. The third-order valence-corrected chi connectivity index (χ3v) is 2.19. The standard InChI is InChI=1S/C11H13N3O5/c1-19-8-4-13-3-2-7(8)11(18)14(5-9(12)15)6-10(16)17/h2-4H,5-6H2,1H3,(H2,12,15)(H,16,17). The highest BCUT2D eigenvalue weighted by Crippen LogP contribution is 2.17. The molecular formula is C11H13N3O5. The average molecular weight is 267 g/mol. The van der Waals surface area contributed by atoms with E-state index in [2.05, 4.69) is 4.98 Å². The van der Waals surface area contributed by atoms with Gasteiger partial charge in [-0.3, -0.25) is 19.4 Å². The van der Waals surface area contributed by atoms with Crippen molar-refractivity contribution in [2.75, 3.05) is 20.2 Å². The molecule has 8 heteroatoms. The number of carboxylic acid groups (broad SMARTS) is 1. The quantitative estimate of drug-likeness (QED) is 0.688. The number of primary amides is 1. The Labute approximate surface area is 108 Å². The minimum absolute atomic E-state index is 0.111. The van der Waals surface area contributed by atoms with Crippen LogP contribution in [-0.2, 0) is 9.59 Å². The summed E-state index contributed by atoms with van der Waals surface area (Å²) in [5, 5.41) is 8.73. The van der Waals surface area contributed by atoms with Crippen LogP contribution in [0.15, 0.2) is 18.5 Å². The molecule has 1 aromatic rings. The van der Waals surface area contributed by atoms with E-state index < -0.39 is 30.9 Å². The lowest BCUT2D eigenvalue weighted by molar-refractivity contribution is -0.138. The van der Waals surface area contributed by atoms with E-state index in [9.17, 15) is 14.4 Å². The van der Waals surface area contributed by atoms with E-state index in [-0.39, 0.29) is 11.3 Å². The van der Waals surface area contributed by atoms with Crippen LogP contribution in [0.1, 0.15) is 10.4 Å². The Morgan fingerprint density at radius 3 is 2.63 bits per heavy atom. The topological polar surface area (TPSA) is 123 Å². The van der Waals surface area contributed by atoms with Crippen LogP contribution in [0.4, 0.5) is 0 Å². The van der Waals surface area contributed by atoms with Gasteiger partial charge in [-0.2, -0.15) is 0 Å². The smallest absolute Gasteiger partial charge is 0.323 e. The Morgan fingerprint density at radius 2 is 2.11 bits per heavy atom. The van der Waals surface area contributed by atoms with Crippen LogP contribution in [0.5, 0.6) is 5.75 Å². The van der Waals surface area contributed by atoms with Gasteiger partial charge in [0, 0.05) is 6.20 Å². The molecule has 0 saturated carbocycles. The minimum atomic E-state index is -1.25. The van der Waals surface area contributed by atoms with Crippen molar-refractivity contribution in [1.29, 1.82) is 0 Å². The number of hydrogen-bond donors (Lipinski definition) is 2. The van der Waals surface area contributed by atoms with Gasteiger partial charge in [-0.1, -0.05) is 0 Å². The van der Waals surface area contributed by atoms with Gasteiger partial charge in [0.05, 0.1) is 18.9 Å². The third-order valence-electron chi connectivity index (χ3n) is 2.19. The third kappa shape index (κ3) is 3.95. The van der Waals surface area contributed by atoms with E-state index in [1.165, 1.54) is 25.6 Å². The first-order valence-corrected chi connectivity index (χ1v) is 5.23. The first kappa shape index (κ1) is 14.4. The number of pyridine rings is 1. The second kappa shape index (κ2) is 6.34. The van der Waals surface area contributed by atoms with Crippen molar-refractivity contribution < 1.29 is 24.2 Å². The number of aromatic nitrogens is 1. The number of amides is 2. The van der Waals surface area contributed by atoms with Gasteiger partial charge in [-0.15, -0.1) is 0 Å². The lowest BCUT2D eigenvalue weighted by Crippen LogP contribution is -2.41. The van der Waals surface area contributed by atoms with E-state index >= 15 is 0 Å². The molecule has 8 nitrogen and oxygen atoms in total. The van der Waals surface area contributed by atoms with Gasteiger partial charge >= 0.3 is 5.97 Å². The van der Waals surface area contributed by atoms with Crippen molar-refractivity contribution in [2.45, 2.75) is 0 Å². The number of nitrogens with zero attached hydrogens (tertiary/aromatic N) is 2. The van der Waals surface area contributed by atoms with Crippen LogP contribution in [0.25, 0.3) is 0 Å². The molecule has 0 aliphatic carbocycles. The molecule has 0 unspecified atom stereocenters. The second-order valence-electron chi connectivity index (χ2n) is 3.60. The molecular weight excluding hydrogens is 254 g/mol. The molecule has 0 aliphatic rings. The van der Waals surface area contributed by atoms with Crippen molar-refractivity contribution in [3.63, 3.8) is 0 Å². The Bertz CT molecular complexity index is 487. The molecule has 0 aliphatic heterocycles. The van der Waals surface area contributed by atoms with E-state index in [0.717, 1.165) is 4.90 Å². The molecule has 1 heterocycles. The molecule has 0 aromatic carbocycles. The first-order valence-electron chi connectivity index (χ1n) is 5.23.